The van der Waals surface area contributed by atoms with E-state index in [0.717, 1.165) is 5.75 Å². The molecule has 1 N–H and O–H groups in total. The second kappa shape index (κ2) is 7.14. The molecule has 0 aliphatic rings. The predicted molar refractivity (Wildman–Crippen MR) is 75.1 cm³/mol. The van der Waals surface area contributed by atoms with Gasteiger partial charge in [-0.3, -0.25) is 9.63 Å². The van der Waals surface area contributed by atoms with E-state index in [9.17, 15) is 4.79 Å². The third-order valence-electron chi connectivity index (χ3n) is 3.15. The minimum atomic E-state index is -0.133. The van der Waals surface area contributed by atoms with Gasteiger partial charge in [0.05, 0.1) is 14.2 Å². The maximum atomic E-state index is 11.7. The Kier molecular flexibility index (Phi) is 5.83. The molecular weight excluding hydrogens is 242 g/mol. The highest BCUT2D eigenvalue weighted by molar-refractivity contribution is 5.77. The van der Waals surface area contributed by atoms with E-state index in [2.05, 4.69) is 24.2 Å². The largest absolute Gasteiger partial charge is 0.497 e. The SMILES string of the molecule is CONC(=O)[C@@H](C)Cc1ccc(OC)cc1C(C)C. The zero-order chi connectivity index (χ0) is 14.4. The van der Waals surface area contributed by atoms with E-state index in [-0.39, 0.29) is 11.8 Å². The zero-order valence-corrected chi connectivity index (χ0v) is 12.3. The molecule has 19 heavy (non-hydrogen) atoms. The summed E-state index contributed by atoms with van der Waals surface area (Å²) in [6.45, 7) is 6.17. The first-order valence-corrected chi connectivity index (χ1v) is 6.49. The van der Waals surface area contributed by atoms with Crippen LogP contribution in [0.15, 0.2) is 18.2 Å². The second-order valence-corrected chi connectivity index (χ2v) is 5.00. The number of rotatable bonds is 6. The fraction of sp³-hybridized carbons (Fsp3) is 0.533. The molecule has 0 aliphatic heterocycles. The van der Waals surface area contributed by atoms with Crippen molar-refractivity contribution in [3.8, 4) is 5.75 Å². The molecule has 0 unspecified atom stereocenters. The Hall–Kier alpha value is -1.55. The Bertz CT molecular complexity index is 429. The van der Waals surface area contributed by atoms with Crippen LogP contribution >= 0.6 is 0 Å². The number of hydrogen-bond acceptors (Lipinski definition) is 3. The van der Waals surface area contributed by atoms with Crippen molar-refractivity contribution >= 4 is 5.91 Å². The van der Waals surface area contributed by atoms with Crippen molar-refractivity contribution in [2.24, 2.45) is 5.92 Å². The lowest BCUT2D eigenvalue weighted by Gasteiger charge is -2.17. The van der Waals surface area contributed by atoms with Crippen LogP contribution in [0.1, 0.15) is 37.8 Å². The van der Waals surface area contributed by atoms with Gasteiger partial charge in [-0.25, -0.2) is 5.48 Å². The maximum Gasteiger partial charge on any atom is 0.246 e. The number of hydroxylamine groups is 1. The lowest BCUT2D eigenvalue weighted by Crippen LogP contribution is -2.29. The summed E-state index contributed by atoms with van der Waals surface area (Å²) in [5.74, 6) is 1.00. The third-order valence-corrected chi connectivity index (χ3v) is 3.15. The van der Waals surface area contributed by atoms with E-state index in [0.29, 0.717) is 12.3 Å². The summed E-state index contributed by atoms with van der Waals surface area (Å²) in [7, 11) is 3.10. The number of carbonyl (C=O) groups excluding carboxylic acids is 1. The molecule has 0 fully saturated rings. The standard InChI is InChI=1S/C15H23NO3/c1-10(2)14-9-13(18-4)7-6-12(14)8-11(3)15(17)16-19-5/h6-7,9-11H,8H2,1-5H3,(H,16,17)/t11-/m0/s1. The first kappa shape index (κ1) is 15.5. The van der Waals surface area contributed by atoms with Gasteiger partial charge in [-0.05, 0) is 35.6 Å². The van der Waals surface area contributed by atoms with Crippen molar-refractivity contribution in [1.82, 2.24) is 5.48 Å². The number of methoxy groups -OCH3 is 1. The second-order valence-electron chi connectivity index (χ2n) is 5.00. The van der Waals surface area contributed by atoms with Crippen LogP contribution in [0, 0.1) is 5.92 Å². The van der Waals surface area contributed by atoms with Crippen LogP contribution in [0.2, 0.25) is 0 Å². The van der Waals surface area contributed by atoms with Gasteiger partial charge in [0.2, 0.25) is 5.91 Å². The molecule has 4 heteroatoms. The van der Waals surface area contributed by atoms with Crippen molar-refractivity contribution < 1.29 is 14.4 Å². The normalized spacial score (nSPS) is 12.3. The number of carbonyl (C=O) groups is 1. The van der Waals surface area contributed by atoms with E-state index in [1.54, 1.807) is 7.11 Å². The van der Waals surface area contributed by atoms with Crippen LogP contribution in [0.3, 0.4) is 0 Å². The average molecular weight is 265 g/mol. The molecular formula is C15H23NO3. The van der Waals surface area contributed by atoms with Gasteiger partial charge in [-0.2, -0.15) is 0 Å². The highest BCUT2D eigenvalue weighted by Crippen LogP contribution is 2.26. The van der Waals surface area contributed by atoms with E-state index in [1.165, 1.54) is 18.2 Å². The molecule has 1 aromatic rings. The summed E-state index contributed by atoms with van der Waals surface area (Å²) >= 11 is 0. The molecule has 0 bridgehead atoms. The third kappa shape index (κ3) is 4.24. The minimum absolute atomic E-state index is 0.104. The molecule has 1 rings (SSSR count). The summed E-state index contributed by atoms with van der Waals surface area (Å²) in [6.07, 6.45) is 0.687. The molecule has 0 saturated carbocycles. The smallest absolute Gasteiger partial charge is 0.246 e. The topological polar surface area (TPSA) is 47.6 Å². The van der Waals surface area contributed by atoms with Gasteiger partial charge in [0.1, 0.15) is 5.75 Å². The van der Waals surface area contributed by atoms with Crippen LogP contribution in [-0.2, 0) is 16.1 Å². The van der Waals surface area contributed by atoms with Gasteiger partial charge in [0, 0.05) is 5.92 Å². The molecule has 1 amide bonds. The molecule has 106 valence electrons. The highest BCUT2D eigenvalue weighted by Gasteiger charge is 2.16. The first-order chi connectivity index (χ1) is 8.99. The number of benzene rings is 1. The summed E-state index contributed by atoms with van der Waals surface area (Å²) in [5.41, 5.74) is 4.77. The molecule has 0 aliphatic carbocycles. The molecule has 0 aromatic heterocycles. The number of ether oxygens (including phenoxy) is 1. The maximum absolute atomic E-state index is 11.7. The van der Waals surface area contributed by atoms with E-state index < -0.39 is 0 Å². The number of amides is 1. The zero-order valence-electron chi connectivity index (χ0n) is 12.3. The Morgan fingerprint density at radius 3 is 2.47 bits per heavy atom. The van der Waals surface area contributed by atoms with Gasteiger partial charge < -0.3 is 4.74 Å². The molecule has 1 atom stereocenters. The van der Waals surface area contributed by atoms with Gasteiger partial charge in [-0.1, -0.05) is 26.8 Å². The van der Waals surface area contributed by atoms with Crippen LogP contribution in [0.5, 0.6) is 5.75 Å². The summed E-state index contributed by atoms with van der Waals surface area (Å²) in [5, 5.41) is 0. The Morgan fingerprint density at radius 1 is 1.26 bits per heavy atom. The molecule has 0 saturated heterocycles. The van der Waals surface area contributed by atoms with Crippen LogP contribution < -0.4 is 10.2 Å². The van der Waals surface area contributed by atoms with Crippen LogP contribution in [-0.4, -0.2) is 20.1 Å². The first-order valence-electron chi connectivity index (χ1n) is 6.49. The summed E-state index contributed by atoms with van der Waals surface area (Å²) in [4.78, 5) is 16.3. The Morgan fingerprint density at radius 2 is 1.95 bits per heavy atom. The van der Waals surface area contributed by atoms with Gasteiger partial charge in [-0.15, -0.1) is 0 Å². The summed E-state index contributed by atoms with van der Waals surface area (Å²) in [6, 6.07) is 6.01. The van der Waals surface area contributed by atoms with Crippen molar-refractivity contribution in [2.45, 2.75) is 33.1 Å². The van der Waals surface area contributed by atoms with Gasteiger partial charge >= 0.3 is 0 Å². The Balaban J connectivity index is 2.91. The van der Waals surface area contributed by atoms with Gasteiger partial charge in [0.25, 0.3) is 0 Å². The van der Waals surface area contributed by atoms with Crippen molar-refractivity contribution in [2.75, 3.05) is 14.2 Å². The predicted octanol–water partition coefficient (Wildman–Crippen LogP) is 2.67. The molecule has 0 radical (unpaired) electrons. The highest BCUT2D eigenvalue weighted by atomic mass is 16.6. The fourth-order valence-corrected chi connectivity index (χ4v) is 2.05. The minimum Gasteiger partial charge on any atom is -0.497 e. The molecule has 4 nitrogen and oxygen atoms in total. The van der Waals surface area contributed by atoms with E-state index in [1.807, 2.05) is 25.1 Å². The Labute approximate surface area is 115 Å². The molecule has 1 aromatic carbocycles. The fourth-order valence-electron chi connectivity index (χ4n) is 2.05. The summed E-state index contributed by atoms with van der Waals surface area (Å²) < 4.78 is 5.25. The van der Waals surface area contributed by atoms with Crippen molar-refractivity contribution in [3.63, 3.8) is 0 Å². The molecule has 0 heterocycles. The van der Waals surface area contributed by atoms with Crippen LogP contribution in [0.4, 0.5) is 0 Å². The van der Waals surface area contributed by atoms with Gasteiger partial charge in [0.15, 0.2) is 0 Å². The van der Waals surface area contributed by atoms with Crippen molar-refractivity contribution in [1.29, 1.82) is 0 Å². The molecule has 0 spiro atoms. The quantitative estimate of drug-likeness (QED) is 0.804. The van der Waals surface area contributed by atoms with E-state index in [4.69, 9.17) is 4.74 Å². The van der Waals surface area contributed by atoms with Crippen LogP contribution in [0.25, 0.3) is 0 Å². The average Bonchev–Trinajstić information content (AvgIpc) is 2.39. The van der Waals surface area contributed by atoms with E-state index >= 15 is 0 Å². The lowest BCUT2D eigenvalue weighted by molar-refractivity contribution is -0.134. The monoisotopic (exact) mass is 265 g/mol. The number of hydrogen-bond donors (Lipinski definition) is 1. The lowest BCUT2D eigenvalue weighted by atomic mass is 9.91. The number of nitrogens with one attached hydrogen (secondary N) is 1. The van der Waals surface area contributed by atoms with Crippen molar-refractivity contribution in [3.05, 3.63) is 29.3 Å².